The van der Waals surface area contributed by atoms with Gasteiger partial charge < -0.3 is 10.6 Å². The summed E-state index contributed by atoms with van der Waals surface area (Å²) in [6.45, 7) is 3.95. The minimum absolute atomic E-state index is 0.0203. The van der Waals surface area contributed by atoms with Gasteiger partial charge in [0.1, 0.15) is 0 Å². The minimum Gasteiger partial charge on any atom is -0.350 e. The van der Waals surface area contributed by atoms with Gasteiger partial charge in [0.15, 0.2) is 0 Å². The summed E-state index contributed by atoms with van der Waals surface area (Å²) in [6, 6.07) is 6.53. The van der Waals surface area contributed by atoms with E-state index in [9.17, 15) is 13.2 Å². The maximum Gasteiger partial charge on any atom is 0.242 e. The summed E-state index contributed by atoms with van der Waals surface area (Å²) in [5.74, 6) is 0.641. The number of rotatable bonds is 7. The van der Waals surface area contributed by atoms with E-state index in [4.69, 9.17) is 0 Å². The van der Waals surface area contributed by atoms with Crippen LogP contribution in [0, 0.1) is 5.92 Å². The molecular weight excluding hydrogens is 338 g/mol. The summed E-state index contributed by atoms with van der Waals surface area (Å²) < 4.78 is 25.7. The van der Waals surface area contributed by atoms with Crippen LogP contribution in [-0.2, 0) is 14.8 Å². The maximum atomic E-state index is 12.2. The molecular formula is C18H29N3O3S. The van der Waals surface area contributed by atoms with Gasteiger partial charge in [0.05, 0.1) is 10.9 Å². The molecule has 0 bridgehead atoms. The Morgan fingerprint density at radius 1 is 1.32 bits per heavy atom. The first kappa shape index (κ1) is 19.9. The van der Waals surface area contributed by atoms with E-state index in [-0.39, 0.29) is 16.8 Å². The SMILES string of the molecule is CC(NC(=O)CCC1CCNCC1)c1cccc(S(=O)(=O)N(C)C)c1. The lowest BCUT2D eigenvalue weighted by atomic mass is 9.93. The van der Waals surface area contributed by atoms with Crippen LogP contribution in [0.2, 0.25) is 0 Å². The molecule has 1 amide bonds. The topological polar surface area (TPSA) is 78.5 Å². The summed E-state index contributed by atoms with van der Waals surface area (Å²) in [5.41, 5.74) is 0.790. The number of carbonyl (C=O) groups excluding carboxylic acids is 1. The van der Waals surface area contributed by atoms with Gasteiger partial charge >= 0.3 is 0 Å². The first-order chi connectivity index (χ1) is 11.8. The highest BCUT2D eigenvalue weighted by atomic mass is 32.2. The van der Waals surface area contributed by atoms with Crippen LogP contribution in [0.5, 0.6) is 0 Å². The second-order valence-corrected chi connectivity index (χ2v) is 9.03. The Kier molecular flexibility index (Phi) is 6.98. The van der Waals surface area contributed by atoms with Crippen molar-refractivity contribution in [3.8, 4) is 0 Å². The number of amides is 1. The van der Waals surface area contributed by atoms with Crippen LogP contribution in [0.3, 0.4) is 0 Å². The summed E-state index contributed by atoms with van der Waals surface area (Å²) in [6.07, 6.45) is 3.69. The Bertz CT molecular complexity index is 683. The van der Waals surface area contributed by atoms with Crippen molar-refractivity contribution in [1.29, 1.82) is 0 Å². The number of hydrogen-bond acceptors (Lipinski definition) is 4. The molecule has 1 fully saturated rings. The fourth-order valence-electron chi connectivity index (χ4n) is 3.06. The lowest BCUT2D eigenvalue weighted by molar-refractivity contribution is -0.122. The summed E-state index contributed by atoms with van der Waals surface area (Å²) in [4.78, 5) is 12.4. The monoisotopic (exact) mass is 367 g/mol. The Hall–Kier alpha value is -1.44. The van der Waals surface area contributed by atoms with Crippen molar-refractivity contribution < 1.29 is 13.2 Å². The molecule has 1 heterocycles. The van der Waals surface area contributed by atoms with E-state index in [1.54, 1.807) is 18.2 Å². The predicted octanol–water partition coefficient (Wildman–Crippen LogP) is 1.89. The first-order valence-corrected chi connectivity index (χ1v) is 10.3. The number of piperidine rings is 1. The molecule has 7 heteroatoms. The van der Waals surface area contributed by atoms with E-state index in [2.05, 4.69) is 10.6 Å². The fraction of sp³-hybridized carbons (Fsp3) is 0.611. The molecule has 0 radical (unpaired) electrons. The van der Waals surface area contributed by atoms with E-state index in [1.807, 2.05) is 13.0 Å². The Balaban J connectivity index is 1.93. The van der Waals surface area contributed by atoms with Gasteiger partial charge in [-0.25, -0.2) is 12.7 Å². The van der Waals surface area contributed by atoms with Crippen molar-refractivity contribution in [3.05, 3.63) is 29.8 Å². The third-order valence-corrected chi connectivity index (χ3v) is 6.56. The highest BCUT2D eigenvalue weighted by Crippen LogP contribution is 2.21. The van der Waals surface area contributed by atoms with Gasteiger partial charge in [-0.15, -0.1) is 0 Å². The molecule has 1 aromatic rings. The number of sulfonamides is 1. The van der Waals surface area contributed by atoms with Crippen molar-refractivity contribution in [3.63, 3.8) is 0 Å². The number of benzene rings is 1. The van der Waals surface area contributed by atoms with Gasteiger partial charge in [-0.2, -0.15) is 0 Å². The van der Waals surface area contributed by atoms with E-state index >= 15 is 0 Å². The van der Waals surface area contributed by atoms with Crippen LogP contribution in [0.15, 0.2) is 29.2 Å². The third-order valence-electron chi connectivity index (χ3n) is 4.75. The second kappa shape index (κ2) is 8.78. The van der Waals surface area contributed by atoms with Crippen molar-refractivity contribution in [2.75, 3.05) is 27.2 Å². The van der Waals surface area contributed by atoms with Crippen molar-refractivity contribution in [1.82, 2.24) is 14.9 Å². The van der Waals surface area contributed by atoms with Gasteiger partial charge in [-0.1, -0.05) is 12.1 Å². The Morgan fingerprint density at radius 3 is 2.64 bits per heavy atom. The van der Waals surface area contributed by atoms with Crippen molar-refractivity contribution >= 4 is 15.9 Å². The zero-order chi connectivity index (χ0) is 18.4. The third kappa shape index (κ3) is 5.52. The quantitative estimate of drug-likeness (QED) is 0.771. The first-order valence-electron chi connectivity index (χ1n) is 8.83. The van der Waals surface area contributed by atoms with Gasteiger partial charge in [-0.3, -0.25) is 4.79 Å². The number of carbonyl (C=O) groups is 1. The molecule has 1 aliphatic rings. The molecule has 1 saturated heterocycles. The Morgan fingerprint density at radius 2 is 2.00 bits per heavy atom. The summed E-state index contributed by atoms with van der Waals surface area (Å²) >= 11 is 0. The molecule has 2 rings (SSSR count). The van der Waals surface area contributed by atoms with Crippen LogP contribution >= 0.6 is 0 Å². The zero-order valence-electron chi connectivity index (χ0n) is 15.3. The van der Waals surface area contributed by atoms with E-state index < -0.39 is 10.0 Å². The largest absolute Gasteiger partial charge is 0.350 e. The number of hydrogen-bond donors (Lipinski definition) is 2. The van der Waals surface area contributed by atoms with Crippen LogP contribution in [0.25, 0.3) is 0 Å². The highest BCUT2D eigenvalue weighted by molar-refractivity contribution is 7.89. The van der Waals surface area contributed by atoms with Gasteiger partial charge in [0.25, 0.3) is 0 Å². The smallest absolute Gasteiger partial charge is 0.242 e. The minimum atomic E-state index is -3.47. The average molecular weight is 368 g/mol. The molecule has 1 atom stereocenters. The van der Waals surface area contributed by atoms with E-state index in [0.29, 0.717) is 12.3 Å². The van der Waals surface area contributed by atoms with Crippen LogP contribution < -0.4 is 10.6 Å². The molecule has 6 nitrogen and oxygen atoms in total. The van der Waals surface area contributed by atoms with Gasteiger partial charge in [0.2, 0.25) is 15.9 Å². The van der Waals surface area contributed by atoms with E-state index in [0.717, 1.165) is 37.9 Å². The number of nitrogens with one attached hydrogen (secondary N) is 2. The fourth-order valence-corrected chi connectivity index (χ4v) is 4.01. The highest BCUT2D eigenvalue weighted by Gasteiger charge is 2.19. The van der Waals surface area contributed by atoms with Crippen molar-refractivity contribution in [2.24, 2.45) is 5.92 Å². The Labute approximate surface area is 151 Å². The normalized spacial score (nSPS) is 17.4. The molecule has 25 heavy (non-hydrogen) atoms. The lowest BCUT2D eigenvalue weighted by Crippen LogP contribution is -2.30. The predicted molar refractivity (Wildman–Crippen MR) is 98.7 cm³/mol. The van der Waals surface area contributed by atoms with E-state index in [1.165, 1.54) is 18.4 Å². The summed E-state index contributed by atoms with van der Waals surface area (Å²) in [5, 5.41) is 6.31. The van der Waals surface area contributed by atoms with Crippen LogP contribution in [0.1, 0.15) is 44.2 Å². The summed E-state index contributed by atoms with van der Waals surface area (Å²) in [7, 11) is -0.456. The molecule has 1 unspecified atom stereocenters. The molecule has 2 N–H and O–H groups in total. The van der Waals surface area contributed by atoms with Crippen LogP contribution in [0.4, 0.5) is 0 Å². The standard InChI is InChI=1S/C18H29N3O3S/c1-14(20-18(22)8-7-15-9-11-19-12-10-15)16-5-4-6-17(13-16)25(23,24)21(2)3/h4-6,13-15,19H,7-12H2,1-3H3,(H,20,22). The molecule has 140 valence electrons. The maximum absolute atomic E-state index is 12.2. The number of nitrogens with zero attached hydrogens (tertiary/aromatic N) is 1. The lowest BCUT2D eigenvalue weighted by Gasteiger charge is -2.22. The second-order valence-electron chi connectivity index (χ2n) is 6.88. The van der Waals surface area contributed by atoms with Gasteiger partial charge in [-0.05, 0) is 62.9 Å². The van der Waals surface area contributed by atoms with Gasteiger partial charge in [0, 0.05) is 20.5 Å². The van der Waals surface area contributed by atoms with Crippen molar-refractivity contribution in [2.45, 2.75) is 43.5 Å². The zero-order valence-corrected chi connectivity index (χ0v) is 16.1. The molecule has 1 aliphatic heterocycles. The molecule has 0 spiro atoms. The molecule has 1 aromatic carbocycles. The van der Waals surface area contributed by atoms with Crippen LogP contribution in [-0.4, -0.2) is 45.8 Å². The molecule has 0 aromatic heterocycles. The molecule has 0 aliphatic carbocycles. The molecule has 0 saturated carbocycles. The average Bonchev–Trinajstić information content (AvgIpc) is 2.60.